The van der Waals surface area contributed by atoms with Gasteiger partial charge in [0.25, 0.3) is 0 Å². The minimum atomic E-state index is 0.153. The van der Waals surface area contributed by atoms with E-state index in [0.717, 1.165) is 32.2 Å². The fraction of sp³-hybridized carbons (Fsp3) is 0.400. The van der Waals surface area contributed by atoms with Gasteiger partial charge in [0, 0.05) is 13.0 Å². The van der Waals surface area contributed by atoms with Gasteiger partial charge in [-0.1, -0.05) is 36.4 Å². The van der Waals surface area contributed by atoms with Crippen LogP contribution >= 0.6 is 0 Å². The fourth-order valence-electron chi connectivity index (χ4n) is 1.66. The van der Waals surface area contributed by atoms with Crippen LogP contribution in [0.5, 0.6) is 0 Å². The zero-order chi connectivity index (χ0) is 12.3. The molecule has 1 aromatic rings. The zero-order valence-electron chi connectivity index (χ0n) is 10.3. The molecular formula is C15H21NO. The van der Waals surface area contributed by atoms with Gasteiger partial charge in [0.05, 0.1) is 0 Å². The van der Waals surface area contributed by atoms with Crippen LogP contribution in [0.2, 0.25) is 0 Å². The monoisotopic (exact) mass is 231 g/mol. The molecule has 0 heterocycles. The highest BCUT2D eigenvalue weighted by atomic mass is 16.1. The Labute approximate surface area is 104 Å². The molecule has 0 saturated heterocycles. The van der Waals surface area contributed by atoms with Gasteiger partial charge in [-0.15, -0.1) is 6.58 Å². The predicted octanol–water partition coefficient (Wildman–Crippen LogP) is 3.09. The van der Waals surface area contributed by atoms with E-state index in [1.165, 1.54) is 5.56 Å². The molecule has 92 valence electrons. The first-order chi connectivity index (χ1) is 8.33. The number of rotatable bonds is 8. The van der Waals surface area contributed by atoms with Crippen LogP contribution in [0, 0.1) is 0 Å². The summed E-state index contributed by atoms with van der Waals surface area (Å²) in [5.74, 6) is 0.153. The second-order valence-corrected chi connectivity index (χ2v) is 4.12. The summed E-state index contributed by atoms with van der Waals surface area (Å²) < 4.78 is 0. The summed E-state index contributed by atoms with van der Waals surface area (Å²) in [5, 5.41) is 2.94. The Morgan fingerprint density at radius 2 is 2.00 bits per heavy atom. The molecule has 0 fully saturated rings. The Hall–Kier alpha value is -1.57. The number of nitrogens with one attached hydrogen (secondary N) is 1. The third-order valence-corrected chi connectivity index (χ3v) is 2.62. The molecule has 0 saturated carbocycles. The Morgan fingerprint density at radius 1 is 1.24 bits per heavy atom. The molecule has 0 aromatic heterocycles. The molecule has 2 nitrogen and oxygen atoms in total. The molecule has 1 rings (SSSR count). The average Bonchev–Trinajstić information content (AvgIpc) is 2.36. The van der Waals surface area contributed by atoms with Crippen molar-refractivity contribution in [2.24, 2.45) is 0 Å². The number of hydrogen-bond donors (Lipinski definition) is 1. The van der Waals surface area contributed by atoms with Crippen molar-refractivity contribution in [2.45, 2.75) is 32.1 Å². The van der Waals surface area contributed by atoms with Gasteiger partial charge in [0.1, 0.15) is 0 Å². The average molecular weight is 231 g/mol. The molecule has 0 spiro atoms. The van der Waals surface area contributed by atoms with Gasteiger partial charge in [0.2, 0.25) is 5.91 Å². The van der Waals surface area contributed by atoms with Gasteiger partial charge in [0.15, 0.2) is 0 Å². The topological polar surface area (TPSA) is 29.1 Å². The lowest BCUT2D eigenvalue weighted by Gasteiger charge is -2.04. The van der Waals surface area contributed by atoms with E-state index in [4.69, 9.17) is 0 Å². The maximum absolute atomic E-state index is 11.4. The number of aryl methyl sites for hydroxylation is 1. The van der Waals surface area contributed by atoms with Gasteiger partial charge in [-0.3, -0.25) is 4.79 Å². The number of hydrogen-bond acceptors (Lipinski definition) is 1. The maximum Gasteiger partial charge on any atom is 0.220 e. The second-order valence-electron chi connectivity index (χ2n) is 4.12. The van der Waals surface area contributed by atoms with Crippen LogP contribution in [0.15, 0.2) is 43.0 Å². The Kier molecular flexibility index (Phi) is 6.80. The summed E-state index contributed by atoms with van der Waals surface area (Å²) in [6.07, 6.45) is 6.29. The van der Waals surface area contributed by atoms with Crippen LogP contribution in [0.3, 0.4) is 0 Å². The van der Waals surface area contributed by atoms with E-state index in [-0.39, 0.29) is 5.91 Å². The molecule has 1 amide bonds. The summed E-state index contributed by atoms with van der Waals surface area (Å²) in [7, 11) is 0. The van der Waals surface area contributed by atoms with Crippen LogP contribution in [0.4, 0.5) is 0 Å². The van der Waals surface area contributed by atoms with Gasteiger partial charge in [-0.2, -0.15) is 0 Å². The van der Waals surface area contributed by atoms with E-state index in [0.29, 0.717) is 6.42 Å². The lowest BCUT2D eigenvalue weighted by atomic mass is 10.1. The van der Waals surface area contributed by atoms with Gasteiger partial charge in [-0.25, -0.2) is 0 Å². The number of unbranched alkanes of at least 4 members (excludes halogenated alkanes) is 1. The van der Waals surface area contributed by atoms with Gasteiger partial charge >= 0.3 is 0 Å². The van der Waals surface area contributed by atoms with Crippen molar-refractivity contribution in [1.29, 1.82) is 0 Å². The van der Waals surface area contributed by atoms with Crippen LogP contribution < -0.4 is 5.32 Å². The summed E-state index contributed by atoms with van der Waals surface area (Å²) in [5.41, 5.74) is 1.33. The number of allylic oxidation sites excluding steroid dienone is 1. The second kappa shape index (κ2) is 8.57. The van der Waals surface area contributed by atoms with E-state index in [2.05, 4.69) is 24.0 Å². The van der Waals surface area contributed by atoms with Crippen molar-refractivity contribution in [3.63, 3.8) is 0 Å². The molecule has 0 aliphatic rings. The number of carbonyl (C=O) groups excluding carboxylic acids is 1. The molecule has 0 unspecified atom stereocenters. The largest absolute Gasteiger partial charge is 0.356 e. The van der Waals surface area contributed by atoms with Crippen molar-refractivity contribution in [1.82, 2.24) is 5.32 Å². The zero-order valence-corrected chi connectivity index (χ0v) is 10.3. The molecule has 0 aliphatic heterocycles. The smallest absolute Gasteiger partial charge is 0.220 e. The Balaban J connectivity index is 2.04. The maximum atomic E-state index is 11.4. The van der Waals surface area contributed by atoms with Crippen molar-refractivity contribution < 1.29 is 4.79 Å². The van der Waals surface area contributed by atoms with E-state index >= 15 is 0 Å². The van der Waals surface area contributed by atoms with Crippen LogP contribution in [-0.2, 0) is 11.2 Å². The third-order valence-electron chi connectivity index (χ3n) is 2.62. The highest BCUT2D eigenvalue weighted by molar-refractivity contribution is 5.75. The van der Waals surface area contributed by atoms with Crippen molar-refractivity contribution in [3.8, 4) is 0 Å². The standard InChI is InChI=1S/C15H21NO/c1-2-3-5-12-15(17)16-13-8-11-14-9-6-4-7-10-14/h2,4,6-7,9-10H,1,3,5,8,11-13H2,(H,16,17). The highest BCUT2D eigenvalue weighted by Crippen LogP contribution is 2.01. The molecule has 0 bridgehead atoms. The van der Waals surface area contributed by atoms with Crippen LogP contribution in [0.1, 0.15) is 31.2 Å². The minimum Gasteiger partial charge on any atom is -0.356 e. The molecule has 0 aliphatic carbocycles. The van der Waals surface area contributed by atoms with E-state index < -0.39 is 0 Å². The lowest BCUT2D eigenvalue weighted by Crippen LogP contribution is -2.24. The third kappa shape index (κ3) is 6.56. The molecular weight excluding hydrogens is 210 g/mol. The molecule has 0 atom stereocenters. The molecule has 1 N–H and O–H groups in total. The van der Waals surface area contributed by atoms with Gasteiger partial charge in [-0.05, 0) is 31.2 Å². The van der Waals surface area contributed by atoms with E-state index in [1.807, 2.05) is 24.3 Å². The van der Waals surface area contributed by atoms with Gasteiger partial charge < -0.3 is 5.32 Å². The number of benzene rings is 1. The quantitative estimate of drug-likeness (QED) is 0.540. The van der Waals surface area contributed by atoms with Crippen molar-refractivity contribution in [2.75, 3.05) is 6.54 Å². The highest BCUT2D eigenvalue weighted by Gasteiger charge is 1.99. The normalized spacial score (nSPS) is 9.88. The number of amides is 1. The molecule has 0 radical (unpaired) electrons. The molecule has 2 heteroatoms. The molecule has 1 aromatic carbocycles. The summed E-state index contributed by atoms with van der Waals surface area (Å²) in [6, 6.07) is 10.3. The Bertz CT molecular complexity index is 332. The summed E-state index contributed by atoms with van der Waals surface area (Å²) in [4.78, 5) is 11.4. The molecule has 17 heavy (non-hydrogen) atoms. The lowest BCUT2D eigenvalue weighted by molar-refractivity contribution is -0.121. The first-order valence-corrected chi connectivity index (χ1v) is 6.24. The van der Waals surface area contributed by atoms with E-state index in [1.54, 1.807) is 0 Å². The minimum absolute atomic E-state index is 0.153. The van der Waals surface area contributed by atoms with Crippen molar-refractivity contribution >= 4 is 5.91 Å². The first-order valence-electron chi connectivity index (χ1n) is 6.24. The summed E-state index contributed by atoms with van der Waals surface area (Å²) >= 11 is 0. The summed E-state index contributed by atoms with van der Waals surface area (Å²) in [6.45, 7) is 4.40. The SMILES string of the molecule is C=CCCCC(=O)NCCCc1ccccc1. The fourth-order valence-corrected chi connectivity index (χ4v) is 1.66. The first kappa shape index (κ1) is 13.5. The van der Waals surface area contributed by atoms with Crippen molar-refractivity contribution in [3.05, 3.63) is 48.6 Å². The van der Waals surface area contributed by atoms with Crippen LogP contribution in [-0.4, -0.2) is 12.5 Å². The van der Waals surface area contributed by atoms with Crippen LogP contribution in [0.25, 0.3) is 0 Å². The predicted molar refractivity (Wildman–Crippen MR) is 71.8 cm³/mol. The Morgan fingerprint density at radius 3 is 2.71 bits per heavy atom. The number of carbonyl (C=O) groups is 1. The van der Waals surface area contributed by atoms with E-state index in [9.17, 15) is 4.79 Å².